The third-order valence-electron chi connectivity index (χ3n) is 4.28. The van der Waals surface area contributed by atoms with Crippen molar-refractivity contribution in [2.24, 2.45) is 0 Å². The lowest BCUT2D eigenvalue weighted by Gasteiger charge is -2.39. The third-order valence-corrected chi connectivity index (χ3v) is 4.28. The first-order valence-electron chi connectivity index (χ1n) is 7.34. The van der Waals surface area contributed by atoms with Gasteiger partial charge in [0.2, 0.25) is 0 Å². The summed E-state index contributed by atoms with van der Waals surface area (Å²) < 4.78 is 0. The molecule has 106 valence electrons. The van der Waals surface area contributed by atoms with Crippen LogP contribution in [0.1, 0.15) is 45.2 Å². The molecule has 1 fully saturated rings. The number of nitrogens with zero attached hydrogens (tertiary/aromatic N) is 1. The zero-order valence-electron chi connectivity index (χ0n) is 13.1. The van der Waals surface area contributed by atoms with Gasteiger partial charge in [0.05, 0.1) is 0 Å². The zero-order chi connectivity index (χ0) is 14.1. The van der Waals surface area contributed by atoms with Crippen LogP contribution in [0, 0.1) is 6.92 Å². The highest BCUT2D eigenvalue weighted by atomic mass is 15.2. The second-order valence-electron chi connectivity index (χ2n) is 7.21. The Labute approximate surface area is 118 Å². The van der Waals surface area contributed by atoms with E-state index < -0.39 is 0 Å². The van der Waals surface area contributed by atoms with Crippen molar-refractivity contribution >= 4 is 0 Å². The molecule has 19 heavy (non-hydrogen) atoms. The molecule has 1 aliphatic heterocycles. The molecule has 1 aromatic rings. The van der Waals surface area contributed by atoms with Gasteiger partial charge in [0.25, 0.3) is 0 Å². The Hall–Kier alpha value is -0.860. The van der Waals surface area contributed by atoms with Gasteiger partial charge in [-0.05, 0) is 53.1 Å². The van der Waals surface area contributed by atoms with Gasteiger partial charge in [-0.3, -0.25) is 4.90 Å². The molecule has 0 spiro atoms. The normalized spacial score (nSPS) is 23.0. The molecule has 2 heteroatoms. The summed E-state index contributed by atoms with van der Waals surface area (Å²) in [7, 11) is 0. The minimum atomic E-state index is 0.193. The number of nitrogens with one attached hydrogen (secondary N) is 1. The molecule has 2 nitrogen and oxygen atoms in total. The molecule has 2 rings (SSSR count). The molecule has 1 saturated heterocycles. The van der Waals surface area contributed by atoms with Crippen LogP contribution in [0.15, 0.2) is 24.3 Å². The van der Waals surface area contributed by atoms with Crippen molar-refractivity contribution < 1.29 is 0 Å². The van der Waals surface area contributed by atoms with E-state index in [9.17, 15) is 0 Å². The van der Waals surface area contributed by atoms with Crippen LogP contribution in [0.4, 0.5) is 0 Å². The summed E-state index contributed by atoms with van der Waals surface area (Å²) in [6.07, 6.45) is 1.20. The fourth-order valence-electron chi connectivity index (χ4n) is 2.80. The smallest absolute Gasteiger partial charge is 0.0252 e. The summed E-state index contributed by atoms with van der Waals surface area (Å²) >= 11 is 0. The van der Waals surface area contributed by atoms with Crippen molar-refractivity contribution in [2.45, 2.75) is 58.7 Å². The van der Waals surface area contributed by atoms with Gasteiger partial charge >= 0.3 is 0 Å². The molecular formula is C17H28N2. The Morgan fingerprint density at radius 1 is 1.11 bits per heavy atom. The third kappa shape index (κ3) is 3.80. The lowest BCUT2D eigenvalue weighted by molar-refractivity contribution is 0.0980. The minimum Gasteiger partial charge on any atom is -0.310 e. The number of rotatable bonds is 2. The molecule has 0 unspecified atom stereocenters. The highest BCUT2D eigenvalue weighted by Gasteiger charge is 2.34. The predicted molar refractivity (Wildman–Crippen MR) is 82.4 cm³/mol. The molecule has 1 N–H and O–H groups in total. The second-order valence-corrected chi connectivity index (χ2v) is 7.21. The van der Waals surface area contributed by atoms with Crippen molar-refractivity contribution in [3.8, 4) is 0 Å². The van der Waals surface area contributed by atoms with Gasteiger partial charge in [-0.25, -0.2) is 0 Å². The summed E-state index contributed by atoms with van der Waals surface area (Å²) in [5, 5.41) is 3.66. The van der Waals surface area contributed by atoms with Crippen LogP contribution >= 0.6 is 0 Å². The van der Waals surface area contributed by atoms with E-state index in [1.165, 1.54) is 17.5 Å². The van der Waals surface area contributed by atoms with E-state index in [0.717, 1.165) is 19.6 Å². The first-order valence-corrected chi connectivity index (χ1v) is 7.34. The number of aryl methyl sites for hydroxylation is 1. The van der Waals surface area contributed by atoms with E-state index >= 15 is 0 Å². The van der Waals surface area contributed by atoms with Crippen LogP contribution < -0.4 is 5.32 Å². The molecule has 0 saturated carbocycles. The van der Waals surface area contributed by atoms with Crippen LogP contribution in [0.25, 0.3) is 0 Å². The molecule has 0 aliphatic carbocycles. The topological polar surface area (TPSA) is 15.3 Å². The first-order chi connectivity index (χ1) is 8.78. The SMILES string of the molecule is Cc1ccc(CN2CC(C)(C)NCCC2(C)C)cc1. The van der Waals surface area contributed by atoms with Gasteiger partial charge < -0.3 is 5.32 Å². The fourth-order valence-corrected chi connectivity index (χ4v) is 2.80. The van der Waals surface area contributed by atoms with Gasteiger partial charge in [0, 0.05) is 24.2 Å². The molecule has 0 radical (unpaired) electrons. The molecule has 0 atom stereocenters. The highest BCUT2D eigenvalue weighted by Crippen LogP contribution is 2.26. The number of hydrogen-bond acceptors (Lipinski definition) is 2. The maximum Gasteiger partial charge on any atom is 0.0252 e. The molecule has 1 aromatic carbocycles. The first kappa shape index (κ1) is 14.5. The van der Waals surface area contributed by atoms with Crippen molar-refractivity contribution in [1.29, 1.82) is 0 Å². The minimum absolute atomic E-state index is 0.193. The molecular weight excluding hydrogens is 232 g/mol. The average molecular weight is 260 g/mol. The predicted octanol–water partition coefficient (Wildman–Crippen LogP) is 3.35. The Morgan fingerprint density at radius 3 is 2.37 bits per heavy atom. The summed E-state index contributed by atoms with van der Waals surface area (Å²) in [5.74, 6) is 0. The molecule has 0 amide bonds. The Morgan fingerprint density at radius 2 is 1.74 bits per heavy atom. The van der Waals surface area contributed by atoms with Crippen LogP contribution in [-0.2, 0) is 6.54 Å². The summed E-state index contributed by atoms with van der Waals surface area (Å²) in [6.45, 7) is 14.7. The summed E-state index contributed by atoms with van der Waals surface area (Å²) in [4.78, 5) is 2.62. The molecule has 1 heterocycles. The summed E-state index contributed by atoms with van der Waals surface area (Å²) in [6, 6.07) is 8.95. The van der Waals surface area contributed by atoms with Gasteiger partial charge in [-0.2, -0.15) is 0 Å². The van der Waals surface area contributed by atoms with Crippen LogP contribution in [0.5, 0.6) is 0 Å². The van der Waals surface area contributed by atoms with E-state index in [2.05, 4.69) is 69.1 Å². The largest absolute Gasteiger partial charge is 0.310 e. The Kier molecular flexibility index (Phi) is 4.03. The van der Waals surface area contributed by atoms with E-state index in [0.29, 0.717) is 0 Å². The molecule has 1 aliphatic rings. The fraction of sp³-hybridized carbons (Fsp3) is 0.647. The Balaban J connectivity index is 2.16. The monoisotopic (exact) mass is 260 g/mol. The second kappa shape index (κ2) is 5.26. The maximum absolute atomic E-state index is 3.66. The standard InChI is InChI=1S/C17H28N2/c1-14-6-8-15(9-7-14)12-19-13-16(2,3)18-11-10-17(19,4)5/h6-9,18H,10-13H2,1-5H3. The van der Waals surface area contributed by atoms with Crippen LogP contribution in [-0.4, -0.2) is 29.1 Å². The number of benzene rings is 1. The molecule has 0 bridgehead atoms. The van der Waals surface area contributed by atoms with Crippen molar-refractivity contribution in [3.05, 3.63) is 35.4 Å². The summed E-state index contributed by atoms with van der Waals surface area (Å²) in [5.41, 5.74) is 3.20. The van der Waals surface area contributed by atoms with Gasteiger partial charge in [-0.15, -0.1) is 0 Å². The van der Waals surface area contributed by atoms with E-state index in [4.69, 9.17) is 0 Å². The highest BCUT2D eigenvalue weighted by molar-refractivity contribution is 5.21. The van der Waals surface area contributed by atoms with E-state index in [-0.39, 0.29) is 11.1 Å². The van der Waals surface area contributed by atoms with Crippen molar-refractivity contribution in [3.63, 3.8) is 0 Å². The zero-order valence-corrected chi connectivity index (χ0v) is 13.1. The lowest BCUT2D eigenvalue weighted by atomic mass is 9.96. The van der Waals surface area contributed by atoms with Gasteiger partial charge in [0.1, 0.15) is 0 Å². The van der Waals surface area contributed by atoms with E-state index in [1.54, 1.807) is 0 Å². The maximum atomic E-state index is 3.66. The molecule has 0 aromatic heterocycles. The average Bonchev–Trinajstić information content (AvgIpc) is 2.39. The Bertz CT molecular complexity index is 417. The quantitative estimate of drug-likeness (QED) is 0.877. The number of hydrogen-bond donors (Lipinski definition) is 1. The lowest BCUT2D eigenvalue weighted by Crippen LogP contribution is -2.50. The van der Waals surface area contributed by atoms with Gasteiger partial charge in [0.15, 0.2) is 0 Å². The van der Waals surface area contributed by atoms with E-state index in [1.807, 2.05) is 0 Å². The van der Waals surface area contributed by atoms with Crippen molar-refractivity contribution in [2.75, 3.05) is 13.1 Å². The van der Waals surface area contributed by atoms with Crippen molar-refractivity contribution in [1.82, 2.24) is 10.2 Å². The van der Waals surface area contributed by atoms with Gasteiger partial charge in [-0.1, -0.05) is 29.8 Å². The van der Waals surface area contributed by atoms with Crippen LogP contribution in [0.2, 0.25) is 0 Å². The van der Waals surface area contributed by atoms with Crippen LogP contribution in [0.3, 0.4) is 0 Å².